The number of carboxylic acid groups (broad SMARTS) is 1. The first-order valence-corrected chi connectivity index (χ1v) is 11.0. The lowest BCUT2D eigenvalue weighted by Crippen LogP contribution is -2.56. The van der Waals surface area contributed by atoms with Crippen molar-refractivity contribution >= 4 is 23.5 Å². The minimum atomic E-state index is -1.71. The second-order valence-electron chi connectivity index (χ2n) is 9.11. The van der Waals surface area contributed by atoms with E-state index >= 15 is 0 Å². The van der Waals surface area contributed by atoms with Gasteiger partial charge in [0.15, 0.2) is 0 Å². The van der Waals surface area contributed by atoms with Crippen LogP contribution in [0.2, 0.25) is 0 Å². The molecule has 3 N–H and O–H groups in total. The first-order chi connectivity index (χ1) is 16.2. The van der Waals surface area contributed by atoms with Crippen LogP contribution in [0.15, 0.2) is 42.5 Å². The summed E-state index contributed by atoms with van der Waals surface area (Å²) in [6, 6.07) is 10.2. The molecule has 2 fully saturated rings. The molecule has 2 heterocycles. The van der Waals surface area contributed by atoms with Gasteiger partial charge in [0.05, 0.1) is 31.7 Å². The van der Waals surface area contributed by atoms with E-state index in [2.05, 4.69) is 5.32 Å². The Morgan fingerprint density at radius 1 is 1.12 bits per heavy atom. The van der Waals surface area contributed by atoms with E-state index in [1.165, 1.54) is 20.3 Å². The summed E-state index contributed by atoms with van der Waals surface area (Å²) in [7, 11) is 2.90. The molecule has 0 saturated carbocycles. The summed E-state index contributed by atoms with van der Waals surface area (Å²) in [6.07, 6.45) is 0.115. The number of anilines is 1. The molecular formula is C25H28N2O7. The minimum absolute atomic E-state index is 0.0925. The number of hydrogen-bond donors (Lipinski definition) is 3. The zero-order valence-corrected chi connectivity index (χ0v) is 19.4. The van der Waals surface area contributed by atoms with Gasteiger partial charge in [-0.3, -0.25) is 19.7 Å². The van der Waals surface area contributed by atoms with Crippen molar-refractivity contribution in [2.45, 2.75) is 31.8 Å². The number of rotatable bonds is 7. The maximum absolute atomic E-state index is 13.8. The van der Waals surface area contributed by atoms with E-state index in [9.17, 15) is 24.6 Å². The van der Waals surface area contributed by atoms with Gasteiger partial charge in [0.2, 0.25) is 11.8 Å². The summed E-state index contributed by atoms with van der Waals surface area (Å²) in [6.45, 7) is 3.72. The lowest BCUT2D eigenvalue weighted by molar-refractivity contribution is -0.149. The van der Waals surface area contributed by atoms with Crippen LogP contribution >= 0.6 is 0 Å². The number of carbonyl (C=O) groups excluding carboxylic acids is 2. The van der Waals surface area contributed by atoms with Crippen LogP contribution in [0.4, 0.5) is 5.69 Å². The van der Waals surface area contributed by atoms with Crippen molar-refractivity contribution in [1.29, 1.82) is 0 Å². The number of methoxy groups -OCH3 is 2. The largest absolute Gasteiger partial charge is 0.508 e. The fourth-order valence-electron chi connectivity index (χ4n) is 5.35. The van der Waals surface area contributed by atoms with Crippen LogP contribution in [-0.4, -0.2) is 47.8 Å². The van der Waals surface area contributed by atoms with Crippen molar-refractivity contribution in [1.82, 2.24) is 5.32 Å². The summed E-state index contributed by atoms with van der Waals surface area (Å²) in [4.78, 5) is 41.4. The first kappa shape index (κ1) is 23.6. The van der Waals surface area contributed by atoms with E-state index in [4.69, 9.17) is 9.47 Å². The van der Waals surface area contributed by atoms with E-state index < -0.39 is 41.2 Å². The van der Waals surface area contributed by atoms with Crippen LogP contribution in [0.25, 0.3) is 0 Å². The van der Waals surface area contributed by atoms with Crippen molar-refractivity contribution in [3.63, 3.8) is 0 Å². The quantitative estimate of drug-likeness (QED) is 0.530. The van der Waals surface area contributed by atoms with Gasteiger partial charge in [0.1, 0.15) is 22.8 Å². The molecule has 2 aliphatic heterocycles. The number of carbonyl (C=O) groups is 3. The summed E-state index contributed by atoms with van der Waals surface area (Å²) in [5.74, 6) is -4.08. The van der Waals surface area contributed by atoms with Gasteiger partial charge in [-0.25, -0.2) is 4.90 Å². The molecule has 2 aliphatic rings. The molecule has 9 heteroatoms. The number of hydrogen-bond acceptors (Lipinski definition) is 7. The highest BCUT2D eigenvalue weighted by Crippen LogP contribution is 2.53. The topological polar surface area (TPSA) is 125 Å². The van der Waals surface area contributed by atoms with Gasteiger partial charge in [0, 0.05) is 11.6 Å². The van der Waals surface area contributed by atoms with Gasteiger partial charge in [-0.15, -0.1) is 0 Å². The molecule has 2 aromatic rings. The number of nitrogens with one attached hydrogen (secondary N) is 1. The Morgan fingerprint density at radius 2 is 1.82 bits per heavy atom. The van der Waals surface area contributed by atoms with Crippen LogP contribution in [0.3, 0.4) is 0 Å². The molecule has 0 aromatic heterocycles. The smallest absolute Gasteiger partial charge is 0.324 e. The van der Waals surface area contributed by atoms with Gasteiger partial charge in [-0.2, -0.15) is 0 Å². The predicted octanol–water partition coefficient (Wildman–Crippen LogP) is 2.73. The summed E-state index contributed by atoms with van der Waals surface area (Å²) < 4.78 is 10.6. The highest BCUT2D eigenvalue weighted by atomic mass is 16.5. The molecular weight excluding hydrogens is 440 g/mol. The van der Waals surface area contributed by atoms with Crippen LogP contribution in [-0.2, 0) is 14.4 Å². The highest BCUT2D eigenvalue weighted by molar-refractivity contribution is 6.24. The average molecular weight is 469 g/mol. The predicted molar refractivity (Wildman–Crippen MR) is 123 cm³/mol. The SMILES string of the molecule is COc1ccc(O)c([C@@H]2N[C@](CC(C)C)(C(=O)O)[C@H]3C(=O)N(c4ccccc4OC)C(=O)[C@@H]23)c1. The maximum Gasteiger partial charge on any atom is 0.324 e. The Kier molecular flexibility index (Phi) is 5.99. The van der Waals surface area contributed by atoms with Gasteiger partial charge >= 0.3 is 5.97 Å². The number of fused-ring (bicyclic) bond motifs is 1. The second-order valence-corrected chi connectivity index (χ2v) is 9.11. The third-order valence-corrected chi connectivity index (χ3v) is 6.66. The molecule has 0 radical (unpaired) electrons. The van der Waals surface area contributed by atoms with Crippen molar-refractivity contribution in [2.24, 2.45) is 17.8 Å². The number of amides is 2. The lowest BCUT2D eigenvalue weighted by Gasteiger charge is -2.32. The molecule has 4 atom stereocenters. The number of carboxylic acids is 1. The Hall–Kier alpha value is -3.59. The highest BCUT2D eigenvalue weighted by Gasteiger charge is 2.69. The molecule has 0 bridgehead atoms. The Bertz CT molecular complexity index is 1150. The molecule has 34 heavy (non-hydrogen) atoms. The molecule has 0 aliphatic carbocycles. The third kappa shape index (κ3) is 3.47. The fraction of sp³-hybridized carbons (Fsp3) is 0.400. The normalized spacial score (nSPS) is 26.1. The van der Waals surface area contributed by atoms with E-state index in [1.807, 2.05) is 13.8 Å². The molecule has 2 aromatic carbocycles. The van der Waals surface area contributed by atoms with E-state index in [0.717, 1.165) is 4.90 Å². The van der Waals surface area contributed by atoms with Crippen molar-refractivity contribution < 1.29 is 34.1 Å². The first-order valence-electron chi connectivity index (χ1n) is 11.0. The third-order valence-electron chi connectivity index (χ3n) is 6.66. The Labute approximate surface area is 197 Å². The van der Waals surface area contributed by atoms with Crippen molar-refractivity contribution in [2.75, 3.05) is 19.1 Å². The van der Waals surface area contributed by atoms with Gasteiger partial charge in [-0.1, -0.05) is 26.0 Å². The van der Waals surface area contributed by atoms with Crippen molar-refractivity contribution in [3.8, 4) is 17.2 Å². The number of aromatic hydroxyl groups is 1. The monoisotopic (exact) mass is 468 g/mol. The molecule has 0 unspecified atom stereocenters. The number of nitrogens with zero attached hydrogens (tertiary/aromatic N) is 1. The van der Waals surface area contributed by atoms with Crippen LogP contribution in [0.1, 0.15) is 31.9 Å². The lowest BCUT2D eigenvalue weighted by atomic mass is 9.75. The number of phenols is 1. The Morgan fingerprint density at radius 3 is 2.44 bits per heavy atom. The average Bonchev–Trinajstić information content (AvgIpc) is 3.27. The van der Waals surface area contributed by atoms with E-state index in [1.54, 1.807) is 36.4 Å². The van der Waals surface area contributed by atoms with Crippen LogP contribution in [0.5, 0.6) is 17.2 Å². The zero-order valence-electron chi connectivity index (χ0n) is 19.4. The Balaban J connectivity index is 1.92. The number of aliphatic carboxylic acids is 1. The molecule has 2 saturated heterocycles. The number of ether oxygens (including phenoxy) is 2. The number of phenolic OH excluding ortho intramolecular Hbond substituents is 1. The fourth-order valence-corrected chi connectivity index (χ4v) is 5.35. The zero-order chi connectivity index (χ0) is 24.8. The van der Waals surface area contributed by atoms with Crippen molar-refractivity contribution in [3.05, 3.63) is 48.0 Å². The van der Waals surface area contributed by atoms with Crippen LogP contribution in [0, 0.1) is 17.8 Å². The second kappa shape index (κ2) is 8.64. The summed E-state index contributed by atoms with van der Waals surface area (Å²) in [5, 5.41) is 24.1. The maximum atomic E-state index is 13.8. The van der Waals surface area contributed by atoms with Gasteiger partial charge < -0.3 is 19.7 Å². The number of imide groups is 1. The van der Waals surface area contributed by atoms with Crippen LogP contribution < -0.4 is 19.7 Å². The number of benzene rings is 2. The van der Waals surface area contributed by atoms with Gasteiger partial charge in [-0.05, 0) is 42.7 Å². The number of para-hydroxylation sites is 2. The summed E-state index contributed by atoms with van der Waals surface area (Å²) in [5.41, 5.74) is -1.15. The molecule has 180 valence electrons. The minimum Gasteiger partial charge on any atom is -0.508 e. The standard InChI is InChI=1S/C25H28N2O7/c1-13(2)12-25(24(31)32)20-19(21(26-25)15-11-14(33-3)9-10-17(15)28)22(29)27(23(20)30)16-7-5-6-8-18(16)34-4/h5-11,13,19-21,26,28H,12H2,1-4H3,(H,31,32)/t19-,20-,21+,25+/m1/s1. The molecule has 9 nitrogen and oxygen atoms in total. The molecule has 2 amide bonds. The van der Waals surface area contributed by atoms with E-state index in [0.29, 0.717) is 17.1 Å². The van der Waals surface area contributed by atoms with Gasteiger partial charge in [0.25, 0.3) is 0 Å². The molecule has 0 spiro atoms. The molecule has 4 rings (SSSR count). The van der Waals surface area contributed by atoms with E-state index in [-0.39, 0.29) is 23.8 Å². The summed E-state index contributed by atoms with van der Waals surface area (Å²) >= 11 is 0.